The molecular weight excluding hydrogens is 468 g/mol. The quantitative estimate of drug-likeness (QED) is 0.252. The SMILES string of the molecule is COc1ccc(C2(c3ccc(OC)cc3)C=Cc3c4c(c5ccccc5c3O2)-c2ccccc2CC4)cc1. The van der Waals surface area contributed by atoms with Gasteiger partial charge in [-0.2, -0.15) is 0 Å². The van der Waals surface area contributed by atoms with Crippen molar-refractivity contribution < 1.29 is 14.2 Å². The standard InChI is InChI=1S/C35H28O3/c1-36-26-16-12-24(13-17-26)35(25-14-18-27(37-2)19-15-25)22-21-32-30-20-11-23-7-3-4-8-28(23)33(30)29-9-5-6-10-31(29)34(32)38-35/h3-10,12-19,21-22H,11,20H2,1-2H3. The summed E-state index contributed by atoms with van der Waals surface area (Å²) in [6.45, 7) is 0. The number of ether oxygens (including phenoxy) is 3. The fourth-order valence-corrected chi connectivity index (χ4v) is 6.12. The number of rotatable bonds is 4. The van der Waals surface area contributed by atoms with E-state index in [1.165, 1.54) is 33.2 Å². The molecule has 1 aliphatic heterocycles. The van der Waals surface area contributed by atoms with Gasteiger partial charge in [0.2, 0.25) is 0 Å². The molecule has 1 heterocycles. The second-order valence-corrected chi connectivity index (χ2v) is 9.93. The third-order valence-electron chi connectivity index (χ3n) is 8.03. The summed E-state index contributed by atoms with van der Waals surface area (Å²) in [5, 5.41) is 2.37. The van der Waals surface area contributed by atoms with Crippen LogP contribution in [0, 0.1) is 0 Å². The molecule has 0 spiro atoms. The van der Waals surface area contributed by atoms with Crippen LogP contribution in [-0.2, 0) is 18.4 Å². The number of aryl methyl sites for hydroxylation is 1. The Morgan fingerprint density at radius 1 is 0.658 bits per heavy atom. The number of hydrogen-bond donors (Lipinski definition) is 0. The van der Waals surface area contributed by atoms with Crippen molar-refractivity contribution in [3.63, 3.8) is 0 Å². The zero-order chi connectivity index (χ0) is 25.7. The van der Waals surface area contributed by atoms with Gasteiger partial charge in [-0.3, -0.25) is 0 Å². The average Bonchev–Trinajstić information content (AvgIpc) is 3.00. The van der Waals surface area contributed by atoms with Crippen molar-refractivity contribution in [2.75, 3.05) is 14.2 Å². The number of fused-ring (bicyclic) bond motifs is 8. The van der Waals surface area contributed by atoms with Gasteiger partial charge in [0, 0.05) is 22.1 Å². The smallest absolute Gasteiger partial charge is 0.178 e. The molecule has 0 fully saturated rings. The summed E-state index contributed by atoms with van der Waals surface area (Å²) in [4.78, 5) is 0. The molecule has 5 aromatic carbocycles. The zero-order valence-electron chi connectivity index (χ0n) is 21.5. The maximum atomic E-state index is 7.24. The van der Waals surface area contributed by atoms with Gasteiger partial charge in [-0.1, -0.05) is 78.9 Å². The second kappa shape index (κ2) is 8.81. The number of methoxy groups -OCH3 is 2. The minimum atomic E-state index is -0.797. The van der Waals surface area contributed by atoms with E-state index in [1.807, 2.05) is 24.3 Å². The molecule has 0 radical (unpaired) electrons. The Kier molecular flexibility index (Phi) is 5.26. The summed E-state index contributed by atoms with van der Waals surface area (Å²) in [6.07, 6.45) is 6.52. The van der Waals surface area contributed by atoms with Crippen LogP contribution in [0.25, 0.3) is 28.0 Å². The predicted molar refractivity (Wildman–Crippen MR) is 153 cm³/mol. The van der Waals surface area contributed by atoms with Crippen LogP contribution in [-0.4, -0.2) is 14.2 Å². The van der Waals surface area contributed by atoms with Crippen molar-refractivity contribution in [1.82, 2.24) is 0 Å². The van der Waals surface area contributed by atoms with Crippen molar-refractivity contribution in [2.45, 2.75) is 18.4 Å². The van der Waals surface area contributed by atoms with Crippen LogP contribution >= 0.6 is 0 Å². The van der Waals surface area contributed by atoms with Crippen LogP contribution in [0.5, 0.6) is 17.2 Å². The Morgan fingerprint density at radius 3 is 1.92 bits per heavy atom. The minimum Gasteiger partial charge on any atom is -0.497 e. The highest BCUT2D eigenvalue weighted by Crippen LogP contribution is 2.51. The largest absolute Gasteiger partial charge is 0.497 e. The summed E-state index contributed by atoms with van der Waals surface area (Å²) in [5.41, 5.74) is 7.93. The van der Waals surface area contributed by atoms with Crippen LogP contribution < -0.4 is 14.2 Å². The fraction of sp³-hybridized carbons (Fsp3) is 0.143. The molecule has 1 aliphatic carbocycles. The van der Waals surface area contributed by atoms with E-state index < -0.39 is 5.60 Å². The van der Waals surface area contributed by atoms with E-state index in [0.717, 1.165) is 46.6 Å². The van der Waals surface area contributed by atoms with Crippen molar-refractivity contribution >= 4 is 16.8 Å². The molecule has 7 rings (SSSR count). The Labute approximate surface area is 222 Å². The molecule has 0 atom stereocenters. The van der Waals surface area contributed by atoms with E-state index in [-0.39, 0.29) is 0 Å². The van der Waals surface area contributed by atoms with Gasteiger partial charge >= 0.3 is 0 Å². The third kappa shape index (κ3) is 3.35. The molecule has 186 valence electrons. The first-order valence-electron chi connectivity index (χ1n) is 13.0. The fourth-order valence-electron chi connectivity index (χ4n) is 6.12. The van der Waals surface area contributed by atoms with E-state index in [1.54, 1.807) is 14.2 Å². The van der Waals surface area contributed by atoms with Crippen LogP contribution in [0.1, 0.15) is 27.8 Å². The molecule has 38 heavy (non-hydrogen) atoms. The Hall–Kier alpha value is -4.50. The number of benzene rings is 5. The van der Waals surface area contributed by atoms with Gasteiger partial charge in [0.1, 0.15) is 17.2 Å². The highest BCUT2D eigenvalue weighted by atomic mass is 16.5. The van der Waals surface area contributed by atoms with Gasteiger partial charge in [0.15, 0.2) is 5.60 Å². The molecule has 0 bridgehead atoms. The van der Waals surface area contributed by atoms with Gasteiger partial charge in [0.25, 0.3) is 0 Å². The Balaban J connectivity index is 1.49. The molecule has 3 nitrogen and oxygen atoms in total. The van der Waals surface area contributed by atoms with Crippen LogP contribution in [0.2, 0.25) is 0 Å². The zero-order valence-corrected chi connectivity index (χ0v) is 21.5. The Bertz CT molecular complexity index is 1650. The number of hydrogen-bond acceptors (Lipinski definition) is 3. The normalized spacial score (nSPS) is 14.7. The van der Waals surface area contributed by atoms with Crippen molar-refractivity contribution in [3.05, 3.63) is 131 Å². The van der Waals surface area contributed by atoms with Crippen molar-refractivity contribution in [2.24, 2.45) is 0 Å². The van der Waals surface area contributed by atoms with Gasteiger partial charge in [-0.25, -0.2) is 0 Å². The summed E-state index contributed by atoms with van der Waals surface area (Å²) in [6, 6.07) is 33.8. The van der Waals surface area contributed by atoms with Gasteiger partial charge < -0.3 is 14.2 Å². The molecule has 0 saturated carbocycles. The Morgan fingerprint density at radius 2 is 1.26 bits per heavy atom. The minimum absolute atomic E-state index is 0.797. The highest BCUT2D eigenvalue weighted by Gasteiger charge is 2.39. The topological polar surface area (TPSA) is 27.7 Å². The lowest BCUT2D eigenvalue weighted by atomic mass is 9.77. The van der Waals surface area contributed by atoms with Crippen LogP contribution in [0.4, 0.5) is 0 Å². The average molecular weight is 497 g/mol. The molecule has 0 amide bonds. The van der Waals surface area contributed by atoms with Crippen molar-refractivity contribution in [1.29, 1.82) is 0 Å². The third-order valence-corrected chi connectivity index (χ3v) is 8.03. The van der Waals surface area contributed by atoms with Gasteiger partial charge in [-0.05, 0) is 70.8 Å². The molecule has 5 aromatic rings. The first kappa shape index (κ1) is 22.7. The molecule has 0 aromatic heterocycles. The molecular formula is C35H28O3. The van der Waals surface area contributed by atoms with Gasteiger partial charge in [0.05, 0.1) is 14.2 Å². The summed E-state index contributed by atoms with van der Waals surface area (Å²) in [5.74, 6) is 2.57. The van der Waals surface area contributed by atoms with E-state index >= 15 is 0 Å². The molecule has 0 unspecified atom stereocenters. The lowest BCUT2D eigenvalue weighted by Crippen LogP contribution is -2.34. The van der Waals surface area contributed by atoms with Crippen molar-refractivity contribution in [3.8, 4) is 28.4 Å². The summed E-state index contributed by atoms with van der Waals surface area (Å²) in [7, 11) is 3.38. The van der Waals surface area contributed by atoms with E-state index in [4.69, 9.17) is 14.2 Å². The summed E-state index contributed by atoms with van der Waals surface area (Å²) < 4.78 is 18.1. The van der Waals surface area contributed by atoms with Crippen LogP contribution in [0.3, 0.4) is 0 Å². The maximum absolute atomic E-state index is 7.24. The van der Waals surface area contributed by atoms with E-state index in [9.17, 15) is 0 Å². The lowest BCUT2D eigenvalue weighted by Gasteiger charge is -2.38. The first-order chi connectivity index (χ1) is 18.7. The summed E-state index contributed by atoms with van der Waals surface area (Å²) >= 11 is 0. The van der Waals surface area contributed by atoms with Gasteiger partial charge in [-0.15, -0.1) is 0 Å². The van der Waals surface area contributed by atoms with E-state index in [0.29, 0.717) is 0 Å². The first-order valence-corrected chi connectivity index (χ1v) is 13.0. The highest BCUT2D eigenvalue weighted by molar-refractivity contribution is 6.06. The molecule has 0 saturated heterocycles. The predicted octanol–water partition coefficient (Wildman–Crippen LogP) is 7.97. The molecule has 3 heteroatoms. The molecule has 0 N–H and O–H groups in total. The maximum Gasteiger partial charge on any atom is 0.178 e. The van der Waals surface area contributed by atoms with Crippen LogP contribution in [0.15, 0.2) is 103 Å². The molecule has 2 aliphatic rings. The lowest BCUT2D eigenvalue weighted by molar-refractivity contribution is 0.163. The second-order valence-electron chi connectivity index (χ2n) is 9.93. The monoisotopic (exact) mass is 496 g/mol. The van der Waals surface area contributed by atoms with E-state index in [2.05, 4.69) is 84.9 Å².